The molecule has 1 atom stereocenters. The first-order chi connectivity index (χ1) is 8.24. The second-order valence-electron chi connectivity index (χ2n) is 3.92. The first kappa shape index (κ1) is 12.7. The maximum absolute atomic E-state index is 5.74. The maximum Gasteiger partial charge on any atom is 0.0976 e. The quantitative estimate of drug-likeness (QED) is 0.926. The lowest BCUT2D eigenvalue weighted by Gasteiger charge is -2.07. The van der Waals surface area contributed by atoms with Crippen molar-refractivity contribution in [2.45, 2.75) is 19.3 Å². The van der Waals surface area contributed by atoms with Crippen molar-refractivity contribution < 1.29 is 0 Å². The normalized spacial score (nSPS) is 12.6. The molecule has 0 saturated carbocycles. The molecule has 1 unspecified atom stereocenters. The minimum Gasteiger partial charge on any atom is -0.330 e. The van der Waals surface area contributed by atoms with Gasteiger partial charge in [-0.3, -0.25) is 0 Å². The molecule has 0 spiro atoms. The average Bonchev–Trinajstić information content (AvgIpc) is 2.81. The van der Waals surface area contributed by atoms with Crippen molar-refractivity contribution >= 4 is 27.3 Å². The lowest BCUT2D eigenvalue weighted by Crippen LogP contribution is -2.11. The summed E-state index contributed by atoms with van der Waals surface area (Å²) in [7, 11) is 0. The summed E-state index contributed by atoms with van der Waals surface area (Å²) in [6.45, 7) is 2.82. The van der Waals surface area contributed by atoms with Gasteiger partial charge in [-0.15, -0.1) is 11.3 Å². The Morgan fingerprint density at radius 3 is 2.65 bits per heavy atom. The van der Waals surface area contributed by atoms with Crippen LogP contribution in [0.5, 0.6) is 0 Å². The lowest BCUT2D eigenvalue weighted by atomic mass is 10.1. The van der Waals surface area contributed by atoms with Crippen molar-refractivity contribution in [1.29, 1.82) is 0 Å². The van der Waals surface area contributed by atoms with Crippen molar-refractivity contribution in [2.24, 2.45) is 5.73 Å². The van der Waals surface area contributed by atoms with Crippen LogP contribution in [0.1, 0.15) is 24.3 Å². The molecule has 0 aliphatic heterocycles. The van der Waals surface area contributed by atoms with E-state index in [0.717, 1.165) is 27.2 Å². The Kier molecular flexibility index (Phi) is 4.31. The van der Waals surface area contributed by atoms with Gasteiger partial charge in [0.05, 0.1) is 10.7 Å². The van der Waals surface area contributed by atoms with Gasteiger partial charge in [-0.1, -0.05) is 35.0 Å². The Balaban J connectivity index is 2.26. The first-order valence-corrected chi connectivity index (χ1v) is 7.33. The van der Waals surface area contributed by atoms with E-state index in [1.165, 1.54) is 0 Å². The van der Waals surface area contributed by atoms with Gasteiger partial charge in [0, 0.05) is 27.9 Å². The molecule has 2 aromatic rings. The third-order valence-electron chi connectivity index (χ3n) is 2.79. The molecule has 1 heterocycles. The standard InChI is InChI=1S/C13H15BrN2S/c1-2-9(7-15)13-16-12(8-17-13)10-3-5-11(14)6-4-10/h3-6,8-9H,2,7,15H2,1H3. The molecule has 2 rings (SSSR count). The SMILES string of the molecule is CCC(CN)c1nc(-c2ccc(Br)cc2)cs1. The summed E-state index contributed by atoms with van der Waals surface area (Å²) < 4.78 is 1.09. The number of hydrogen-bond donors (Lipinski definition) is 1. The molecule has 2 nitrogen and oxygen atoms in total. The number of thiazole rings is 1. The van der Waals surface area contributed by atoms with Crippen LogP contribution < -0.4 is 5.73 Å². The molecular formula is C13H15BrN2S. The van der Waals surface area contributed by atoms with E-state index in [1.54, 1.807) is 11.3 Å². The van der Waals surface area contributed by atoms with Gasteiger partial charge in [0.25, 0.3) is 0 Å². The van der Waals surface area contributed by atoms with Crippen LogP contribution in [0.2, 0.25) is 0 Å². The summed E-state index contributed by atoms with van der Waals surface area (Å²) in [6.07, 6.45) is 1.05. The van der Waals surface area contributed by atoms with Crippen LogP contribution in [0.25, 0.3) is 11.3 Å². The average molecular weight is 311 g/mol. The second-order valence-corrected chi connectivity index (χ2v) is 5.72. The fraction of sp³-hybridized carbons (Fsp3) is 0.308. The number of aromatic nitrogens is 1. The number of hydrogen-bond acceptors (Lipinski definition) is 3. The van der Waals surface area contributed by atoms with Crippen molar-refractivity contribution in [3.63, 3.8) is 0 Å². The van der Waals surface area contributed by atoms with Crippen molar-refractivity contribution in [2.75, 3.05) is 6.54 Å². The zero-order valence-corrected chi connectivity index (χ0v) is 12.1. The highest BCUT2D eigenvalue weighted by molar-refractivity contribution is 9.10. The van der Waals surface area contributed by atoms with Crippen LogP contribution in [0.15, 0.2) is 34.1 Å². The monoisotopic (exact) mass is 310 g/mol. The van der Waals surface area contributed by atoms with E-state index in [0.29, 0.717) is 12.5 Å². The summed E-state index contributed by atoms with van der Waals surface area (Å²) in [5, 5.41) is 3.25. The van der Waals surface area contributed by atoms with Crippen LogP contribution >= 0.6 is 27.3 Å². The fourth-order valence-corrected chi connectivity index (χ4v) is 2.96. The minimum atomic E-state index is 0.393. The largest absolute Gasteiger partial charge is 0.330 e. The summed E-state index contributed by atoms with van der Waals surface area (Å²) in [4.78, 5) is 4.68. The molecule has 4 heteroatoms. The van der Waals surface area contributed by atoms with Gasteiger partial charge < -0.3 is 5.73 Å². The number of nitrogens with two attached hydrogens (primary N) is 1. The summed E-state index contributed by atoms with van der Waals surface area (Å²) in [5.41, 5.74) is 7.94. The Hall–Kier alpha value is -0.710. The van der Waals surface area contributed by atoms with E-state index in [1.807, 2.05) is 12.1 Å². The van der Waals surface area contributed by atoms with Crippen molar-refractivity contribution in [1.82, 2.24) is 4.98 Å². The fourth-order valence-electron chi connectivity index (χ4n) is 1.67. The van der Waals surface area contributed by atoms with E-state index in [4.69, 9.17) is 5.73 Å². The van der Waals surface area contributed by atoms with Gasteiger partial charge >= 0.3 is 0 Å². The van der Waals surface area contributed by atoms with E-state index in [9.17, 15) is 0 Å². The van der Waals surface area contributed by atoms with Crippen LogP contribution in [0.3, 0.4) is 0 Å². The van der Waals surface area contributed by atoms with Gasteiger partial charge in [0.2, 0.25) is 0 Å². The molecule has 0 fully saturated rings. The molecule has 0 bridgehead atoms. The van der Waals surface area contributed by atoms with Gasteiger partial charge in [0.1, 0.15) is 0 Å². The molecule has 1 aromatic heterocycles. The summed E-state index contributed by atoms with van der Waals surface area (Å²) in [5.74, 6) is 0.393. The minimum absolute atomic E-state index is 0.393. The molecule has 0 amide bonds. The molecule has 17 heavy (non-hydrogen) atoms. The van der Waals surface area contributed by atoms with Gasteiger partial charge in [0.15, 0.2) is 0 Å². The van der Waals surface area contributed by atoms with E-state index in [2.05, 4.69) is 45.4 Å². The Morgan fingerprint density at radius 1 is 1.35 bits per heavy atom. The van der Waals surface area contributed by atoms with Crippen LogP contribution in [-0.2, 0) is 0 Å². The Bertz CT molecular complexity index is 474. The zero-order valence-electron chi connectivity index (χ0n) is 9.69. The number of nitrogens with zero attached hydrogens (tertiary/aromatic N) is 1. The third-order valence-corrected chi connectivity index (χ3v) is 4.32. The lowest BCUT2D eigenvalue weighted by molar-refractivity contribution is 0.670. The first-order valence-electron chi connectivity index (χ1n) is 5.66. The van der Waals surface area contributed by atoms with Gasteiger partial charge in [-0.25, -0.2) is 4.98 Å². The maximum atomic E-state index is 5.74. The summed E-state index contributed by atoms with van der Waals surface area (Å²) in [6, 6.07) is 8.22. The Morgan fingerprint density at radius 2 is 2.06 bits per heavy atom. The van der Waals surface area contributed by atoms with Crippen molar-refractivity contribution in [3.05, 3.63) is 39.1 Å². The Labute approximate surface area is 114 Å². The van der Waals surface area contributed by atoms with Gasteiger partial charge in [-0.05, 0) is 18.6 Å². The molecule has 0 aliphatic rings. The molecule has 1 aromatic carbocycles. The molecule has 0 aliphatic carbocycles. The molecular weight excluding hydrogens is 296 g/mol. The smallest absolute Gasteiger partial charge is 0.0976 e. The number of rotatable bonds is 4. The molecule has 0 saturated heterocycles. The van der Waals surface area contributed by atoms with E-state index >= 15 is 0 Å². The predicted molar refractivity (Wildman–Crippen MR) is 77.3 cm³/mol. The second kappa shape index (κ2) is 5.76. The molecule has 2 N–H and O–H groups in total. The van der Waals surface area contributed by atoms with Crippen LogP contribution in [-0.4, -0.2) is 11.5 Å². The van der Waals surface area contributed by atoms with Gasteiger partial charge in [-0.2, -0.15) is 0 Å². The number of halogens is 1. The van der Waals surface area contributed by atoms with E-state index < -0.39 is 0 Å². The third kappa shape index (κ3) is 2.94. The predicted octanol–water partition coefficient (Wildman–Crippen LogP) is 4.02. The zero-order chi connectivity index (χ0) is 12.3. The highest BCUT2D eigenvalue weighted by Gasteiger charge is 2.12. The van der Waals surface area contributed by atoms with Crippen LogP contribution in [0.4, 0.5) is 0 Å². The molecule has 90 valence electrons. The highest BCUT2D eigenvalue weighted by Crippen LogP contribution is 2.28. The van der Waals surface area contributed by atoms with Crippen molar-refractivity contribution in [3.8, 4) is 11.3 Å². The molecule has 0 radical (unpaired) electrons. The van der Waals surface area contributed by atoms with Crippen LogP contribution in [0, 0.1) is 0 Å². The number of benzene rings is 1. The highest BCUT2D eigenvalue weighted by atomic mass is 79.9. The topological polar surface area (TPSA) is 38.9 Å². The summed E-state index contributed by atoms with van der Waals surface area (Å²) >= 11 is 5.14. The van der Waals surface area contributed by atoms with E-state index in [-0.39, 0.29) is 0 Å².